The fraction of sp³-hybridized carbons (Fsp3) is 0.300. The molecule has 0 N–H and O–H groups in total. The fourth-order valence-electron chi connectivity index (χ4n) is 0.972. The van der Waals surface area contributed by atoms with E-state index in [2.05, 4.69) is 4.74 Å². The lowest BCUT2D eigenvalue weighted by molar-refractivity contribution is -0.144. The van der Waals surface area contributed by atoms with Crippen molar-refractivity contribution in [3.05, 3.63) is 34.9 Å². The van der Waals surface area contributed by atoms with Gasteiger partial charge in [-0.3, -0.25) is 0 Å². The van der Waals surface area contributed by atoms with Crippen LogP contribution in [0.5, 0.6) is 0 Å². The number of hydrogen-bond acceptors (Lipinski definition) is 2. The van der Waals surface area contributed by atoms with Gasteiger partial charge in [-0.25, -0.2) is 9.18 Å². The van der Waals surface area contributed by atoms with Crippen LogP contribution < -0.4 is 0 Å². The summed E-state index contributed by atoms with van der Waals surface area (Å²) in [4.78, 5) is 10.4. The summed E-state index contributed by atoms with van der Waals surface area (Å²) in [6.07, 6.45) is 0.572. The van der Waals surface area contributed by atoms with Crippen LogP contribution in [0.1, 0.15) is 5.56 Å². The SMILES string of the molecule is O=C(CF)OCCc1ccc(Cl)cc1. The van der Waals surface area contributed by atoms with Crippen molar-refractivity contribution in [2.24, 2.45) is 0 Å². The molecule has 0 atom stereocenters. The van der Waals surface area contributed by atoms with Crippen LogP contribution in [0.4, 0.5) is 4.39 Å². The third-order valence-corrected chi connectivity index (χ3v) is 1.93. The Morgan fingerprint density at radius 2 is 2.00 bits per heavy atom. The highest BCUT2D eigenvalue weighted by Gasteiger charge is 2.00. The first kappa shape index (κ1) is 11.0. The number of ether oxygens (including phenoxy) is 1. The Bertz CT molecular complexity index is 297. The first-order chi connectivity index (χ1) is 6.72. The maximum atomic E-state index is 11.7. The van der Waals surface area contributed by atoms with Gasteiger partial charge < -0.3 is 4.74 Å². The van der Waals surface area contributed by atoms with E-state index in [0.29, 0.717) is 11.4 Å². The number of esters is 1. The minimum atomic E-state index is -1.07. The van der Waals surface area contributed by atoms with Crippen LogP contribution in [0.25, 0.3) is 0 Å². The van der Waals surface area contributed by atoms with Crippen LogP contribution in [0, 0.1) is 0 Å². The monoisotopic (exact) mass is 216 g/mol. The maximum absolute atomic E-state index is 11.7. The molecule has 0 saturated heterocycles. The summed E-state index contributed by atoms with van der Waals surface area (Å²) in [5.41, 5.74) is 1.00. The highest BCUT2D eigenvalue weighted by Crippen LogP contribution is 2.09. The summed E-state index contributed by atoms with van der Waals surface area (Å²) in [5.74, 6) is -0.820. The third kappa shape index (κ3) is 3.75. The van der Waals surface area contributed by atoms with E-state index in [9.17, 15) is 9.18 Å². The van der Waals surface area contributed by atoms with Crippen molar-refractivity contribution in [2.45, 2.75) is 6.42 Å². The van der Waals surface area contributed by atoms with E-state index < -0.39 is 12.6 Å². The number of halogens is 2. The number of alkyl halides is 1. The second kappa shape index (κ2) is 5.60. The van der Waals surface area contributed by atoms with Gasteiger partial charge in [0.15, 0.2) is 6.67 Å². The van der Waals surface area contributed by atoms with Gasteiger partial charge in [-0.05, 0) is 17.7 Å². The summed E-state index contributed by atoms with van der Waals surface area (Å²) >= 11 is 5.68. The first-order valence-electron chi connectivity index (χ1n) is 4.18. The zero-order valence-electron chi connectivity index (χ0n) is 7.50. The molecule has 14 heavy (non-hydrogen) atoms. The normalized spacial score (nSPS) is 9.86. The van der Waals surface area contributed by atoms with Crippen LogP contribution in [-0.4, -0.2) is 19.3 Å². The lowest BCUT2D eigenvalue weighted by atomic mass is 10.2. The largest absolute Gasteiger partial charge is 0.463 e. The number of rotatable bonds is 4. The number of hydrogen-bond donors (Lipinski definition) is 0. The maximum Gasteiger partial charge on any atom is 0.337 e. The number of carbonyl (C=O) groups excluding carboxylic acids is 1. The average Bonchev–Trinajstić information content (AvgIpc) is 2.21. The molecule has 0 unspecified atom stereocenters. The number of benzene rings is 1. The molecule has 4 heteroatoms. The summed E-state index contributed by atoms with van der Waals surface area (Å²) < 4.78 is 16.3. The van der Waals surface area contributed by atoms with Gasteiger partial charge in [-0.2, -0.15) is 0 Å². The summed E-state index contributed by atoms with van der Waals surface area (Å²) in [5, 5.41) is 0.662. The van der Waals surface area contributed by atoms with Crippen LogP contribution >= 0.6 is 11.6 Å². The molecule has 0 aliphatic heterocycles. The highest BCUT2D eigenvalue weighted by atomic mass is 35.5. The molecule has 0 amide bonds. The van der Waals surface area contributed by atoms with Crippen molar-refractivity contribution in [3.63, 3.8) is 0 Å². The van der Waals surface area contributed by atoms with Crippen LogP contribution in [-0.2, 0) is 16.0 Å². The quantitative estimate of drug-likeness (QED) is 0.723. The van der Waals surface area contributed by atoms with Crippen molar-refractivity contribution >= 4 is 17.6 Å². The Labute approximate surface area is 86.6 Å². The molecule has 0 fully saturated rings. The minimum Gasteiger partial charge on any atom is -0.463 e. The van der Waals surface area contributed by atoms with Gasteiger partial charge in [0.1, 0.15) is 0 Å². The van der Waals surface area contributed by atoms with E-state index in [0.717, 1.165) is 5.56 Å². The van der Waals surface area contributed by atoms with E-state index in [4.69, 9.17) is 11.6 Å². The lowest BCUT2D eigenvalue weighted by Gasteiger charge is -2.02. The van der Waals surface area contributed by atoms with Gasteiger partial charge in [-0.1, -0.05) is 23.7 Å². The molecular formula is C10H10ClFO2. The lowest BCUT2D eigenvalue weighted by Crippen LogP contribution is -2.08. The second-order valence-electron chi connectivity index (χ2n) is 2.73. The second-order valence-corrected chi connectivity index (χ2v) is 3.17. The third-order valence-electron chi connectivity index (χ3n) is 1.68. The van der Waals surface area contributed by atoms with E-state index in [-0.39, 0.29) is 6.61 Å². The molecule has 0 radical (unpaired) electrons. The minimum absolute atomic E-state index is 0.199. The van der Waals surface area contributed by atoms with Crippen LogP contribution in [0.3, 0.4) is 0 Å². The van der Waals surface area contributed by atoms with Crippen LogP contribution in [0.15, 0.2) is 24.3 Å². The topological polar surface area (TPSA) is 26.3 Å². The van der Waals surface area contributed by atoms with Crippen molar-refractivity contribution in [3.8, 4) is 0 Å². The van der Waals surface area contributed by atoms with Gasteiger partial charge in [0.2, 0.25) is 0 Å². The van der Waals surface area contributed by atoms with E-state index in [1.54, 1.807) is 12.1 Å². The molecule has 0 saturated carbocycles. The molecule has 0 aromatic heterocycles. The Morgan fingerprint density at radius 3 is 2.57 bits per heavy atom. The van der Waals surface area contributed by atoms with Crippen molar-refractivity contribution in [1.29, 1.82) is 0 Å². The predicted octanol–water partition coefficient (Wildman–Crippen LogP) is 2.40. The summed E-state index contributed by atoms with van der Waals surface area (Å²) in [6.45, 7) is -0.870. The molecule has 76 valence electrons. The Hall–Kier alpha value is -1.09. The van der Waals surface area contributed by atoms with E-state index in [1.807, 2.05) is 12.1 Å². The van der Waals surface area contributed by atoms with Crippen molar-refractivity contribution < 1.29 is 13.9 Å². The molecule has 2 nitrogen and oxygen atoms in total. The zero-order chi connectivity index (χ0) is 10.4. The van der Waals surface area contributed by atoms with Gasteiger partial charge in [-0.15, -0.1) is 0 Å². The highest BCUT2D eigenvalue weighted by molar-refractivity contribution is 6.30. The van der Waals surface area contributed by atoms with Gasteiger partial charge in [0.05, 0.1) is 6.61 Å². The van der Waals surface area contributed by atoms with Gasteiger partial charge >= 0.3 is 5.97 Å². The van der Waals surface area contributed by atoms with Crippen LogP contribution in [0.2, 0.25) is 5.02 Å². The average molecular weight is 217 g/mol. The molecule has 0 heterocycles. The molecule has 0 aliphatic rings. The molecule has 0 aliphatic carbocycles. The molecule has 1 rings (SSSR count). The Balaban J connectivity index is 2.31. The van der Waals surface area contributed by atoms with Crippen molar-refractivity contribution in [1.82, 2.24) is 0 Å². The van der Waals surface area contributed by atoms with Gasteiger partial charge in [0, 0.05) is 11.4 Å². The Morgan fingerprint density at radius 1 is 1.36 bits per heavy atom. The standard InChI is InChI=1S/C10H10ClFO2/c11-9-3-1-8(2-4-9)5-6-14-10(13)7-12/h1-4H,5-7H2. The molecule has 0 spiro atoms. The summed E-state index contributed by atoms with van der Waals surface area (Å²) in [6, 6.07) is 7.19. The summed E-state index contributed by atoms with van der Waals surface area (Å²) in [7, 11) is 0. The smallest absolute Gasteiger partial charge is 0.337 e. The van der Waals surface area contributed by atoms with E-state index in [1.165, 1.54) is 0 Å². The van der Waals surface area contributed by atoms with Crippen molar-refractivity contribution in [2.75, 3.05) is 13.3 Å². The zero-order valence-corrected chi connectivity index (χ0v) is 8.26. The molecule has 1 aromatic rings. The molecular weight excluding hydrogens is 207 g/mol. The number of carbonyl (C=O) groups is 1. The molecule has 1 aromatic carbocycles. The fourth-order valence-corrected chi connectivity index (χ4v) is 1.10. The predicted molar refractivity (Wildman–Crippen MR) is 52.1 cm³/mol. The van der Waals surface area contributed by atoms with Gasteiger partial charge in [0.25, 0.3) is 0 Å². The first-order valence-corrected chi connectivity index (χ1v) is 4.56. The van der Waals surface area contributed by atoms with E-state index >= 15 is 0 Å². The Kier molecular flexibility index (Phi) is 4.40. The molecule has 0 bridgehead atoms.